The maximum absolute atomic E-state index is 14.4. The molecule has 0 spiro atoms. The first-order valence-corrected chi connectivity index (χ1v) is 21.5. The van der Waals surface area contributed by atoms with E-state index in [9.17, 15) is 24.3 Å². The summed E-state index contributed by atoms with van der Waals surface area (Å²) in [7, 11) is 3.89. The largest absolute Gasteiger partial charge is 0.481 e. The van der Waals surface area contributed by atoms with Crippen LogP contribution < -0.4 is 5.01 Å². The van der Waals surface area contributed by atoms with Gasteiger partial charge in [-0.25, -0.2) is 0 Å². The fourth-order valence-electron chi connectivity index (χ4n) is 13.5. The summed E-state index contributed by atoms with van der Waals surface area (Å²) in [5, 5.41) is 14.4. The van der Waals surface area contributed by atoms with Crippen LogP contribution in [0, 0.1) is 56.2 Å². The number of allylic oxidation sites excluding steroid dienone is 3. The lowest BCUT2D eigenvalue weighted by molar-refractivity contribution is -0.233. The number of esters is 1. The predicted octanol–water partition coefficient (Wildman–Crippen LogP) is 10.7. The van der Waals surface area contributed by atoms with E-state index in [0.29, 0.717) is 35.4 Å². The van der Waals surface area contributed by atoms with Gasteiger partial charge < -0.3 is 9.84 Å². The molecular weight excluding hydrogens is 747 g/mol. The number of fused-ring (bicyclic) bond motifs is 7. The van der Waals surface area contributed by atoms with Gasteiger partial charge in [-0.3, -0.25) is 29.2 Å². The molecule has 308 valence electrons. The van der Waals surface area contributed by atoms with Gasteiger partial charge in [-0.05, 0) is 141 Å². The van der Waals surface area contributed by atoms with Crippen molar-refractivity contribution in [1.82, 2.24) is 5.01 Å². The van der Waals surface area contributed by atoms with Crippen molar-refractivity contribution >= 4 is 52.9 Å². The minimum absolute atomic E-state index is 0.0103. The van der Waals surface area contributed by atoms with Crippen molar-refractivity contribution in [3.8, 4) is 0 Å². The zero-order valence-electron chi connectivity index (χ0n) is 35.5. The van der Waals surface area contributed by atoms with E-state index in [1.54, 1.807) is 13.8 Å². The minimum Gasteiger partial charge on any atom is -0.481 e. The monoisotopic (exact) mass is 810 g/mol. The second-order valence-electron chi connectivity index (χ2n) is 20.3. The van der Waals surface area contributed by atoms with Crippen molar-refractivity contribution in [2.45, 2.75) is 133 Å². The van der Waals surface area contributed by atoms with Crippen molar-refractivity contribution in [1.29, 1.82) is 0 Å². The van der Waals surface area contributed by atoms with Crippen molar-refractivity contribution in [2.24, 2.45) is 56.2 Å². The number of halogens is 2. The maximum Gasteiger partial charge on any atom is 0.309 e. The lowest BCUT2D eigenvalue weighted by atomic mass is 9.33. The number of rotatable bonds is 10. The van der Waals surface area contributed by atoms with E-state index >= 15 is 0 Å². The third-order valence-electron chi connectivity index (χ3n) is 16.6. The maximum atomic E-state index is 14.4. The van der Waals surface area contributed by atoms with Crippen molar-refractivity contribution in [3.05, 3.63) is 51.2 Å². The summed E-state index contributed by atoms with van der Waals surface area (Å²) in [4.78, 5) is 52.2. The first-order chi connectivity index (χ1) is 25.9. The molecule has 8 nitrogen and oxygen atoms in total. The molecule has 5 aliphatic rings. The van der Waals surface area contributed by atoms with Crippen LogP contribution in [0.25, 0.3) is 0 Å². The second-order valence-corrected chi connectivity index (χ2v) is 21.2. The quantitative estimate of drug-likeness (QED) is 0.108. The number of hydrogen-bond donors (Lipinski definition) is 1. The summed E-state index contributed by atoms with van der Waals surface area (Å²) in [6.07, 6.45) is 7.93. The van der Waals surface area contributed by atoms with Crippen LogP contribution >= 0.6 is 23.2 Å². The van der Waals surface area contributed by atoms with Crippen molar-refractivity contribution in [3.63, 3.8) is 0 Å². The summed E-state index contributed by atoms with van der Waals surface area (Å²) >= 11 is 13.3. The molecule has 4 fully saturated rings. The third kappa shape index (κ3) is 6.37. The average Bonchev–Trinajstić information content (AvgIpc) is 3.42. The van der Waals surface area contributed by atoms with Crippen LogP contribution in [0.3, 0.4) is 0 Å². The van der Waals surface area contributed by atoms with Crippen molar-refractivity contribution in [2.75, 3.05) is 19.1 Å². The fourth-order valence-corrected chi connectivity index (χ4v) is 13.9. The van der Waals surface area contributed by atoms with Gasteiger partial charge in [0.1, 0.15) is 11.1 Å². The number of Topliss-reactive ketones (excluding diaryl/α,β-unsaturated/α-hetero) is 1. The molecule has 0 heterocycles. The highest BCUT2D eigenvalue weighted by Crippen LogP contribution is 2.77. The Morgan fingerprint density at radius 3 is 2.18 bits per heavy atom. The van der Waals surface area contributed by atoms with Gasteiger partial charge in [-0.2, -0.15) is 0 Å². The number of carboxylic acid groups (broad SMARTS) is 1. The van der Waals surface area contributed by atoms with Crippen LogP contribution in [0.5, 0.6) is 0 Å². The zero-order valence-corrected chi connectivity index (χ0v) is 37.0. The van der Waals surface area contributed by atoms with Crippen LogP contribution in [0.1, 0.15) is 127 Å². The van der Waals surface area contributed by atoms with Gasteiger partial charge in [0.15, 0.2) is 12.1 Å². The number of ether oxygens (including phenoxy) is 1. The molecule has 4 saturated carbocycles. The summed E-state index contributed by atoms with van der Waals surface area (Å²) in [5.74, 6) is -0.356. The molecule has 7 unspecified atom stereocenters. The predicted molar refractivity (Wildman–Crippen MR) is 222 cm³/mol. The Kier molecular flexibility index (Phi) is 11.0. The van der Waals surface area contributed by atoms with Gasteiger partial charge in [-0.15, -0.1) is 0 Å². The molecule has 56 heavy (non-hydrogen) atoms. The Balaban J connectivity index is 1.37. The van der Waals surface area contributed by atoms with E-state index in [0.717, 1.165) is 62.5 Å². The number of benzene rings is 1. The number of carboxylic acids is 1. The first-order valence-electron chi connectivity index (χ1n) is 20.7. The Labute approximate surface area is 344 Å². The average molecular weight is 812 g/mol. The standard InChI is InChI=1S/C46H64Cl2N2O6/c1-27(2)37-32(52)24-46(39(31(48)26-51)50(11)49(10)29-14-12-28(47)13-15-29)23-22-44(8)30(38(37)46)16-17-34-43(7)20-19-35(56-36(53)25-41(3,4)40(54)55)42(5,6)33(43)18-21-45(34,44)9/h12-15,26-27,30,33-35H,16-25H2,1-11H3,(H,54,55)/b39-31+/t30?,33?,34?,35?,43?,44-,45?,46?/m1/s1. The van der Waals surface area contributed by atoms with Crippen LogP contribution in [0.15, 0.2) is 46.1 Å². The van der Waals surface area contributed by atoms with Gasteiger partial charge >= 0.3 is 11.9 Å². The van der Waals surface area contributed by atoms with Crippen molar-refractivity contribution < 1.29 is 29.0 Å². The molecular formula is C46H64Cl2N2O6. The van der Waals surface area contributed by atoms with E-state index in [1.165, 1.54) is 5.57 Å². The molecule has 0 amide bonds. The van der Waals surface area contributed by atoms with Crippen LogP contribution in [0.2, 0.25) is 5.02 Å². The summed E-state index contributed by atoms with van der Waals surface area (Å²) in [5.41, 5.74) is 1.41. The summed E-state index contributed by atoms with van der Waals surface area (Å²) in [6, 6.07) is 7.56. The molecule has 1 aromatic carbocycles. The fraction of sp³-hybridized carbons (Fsp3) is 0.696. The van der Waals surface area contributed by atoms with Gasteiger partial charge in [0, 0.05) is 36.4 Å². The van der Waals surface area contributed by atoms with Crippen LogP contribution in [0.4, 0.5) is 5.69 Å². The lowest BCUT2D eigenvalue weighted by Crippen LogP contribution is -2.66. The van der Waals surface area contributed by atoms with E-state index in [2.05, 4.69) is 48.5 Å². The van der Waals surface area contributed by atoms with Crippen LogP contribution in [-0.4, -0.2) is 54.3 Å². The first kappa shape index (κ1) is 42.8. The lowest BCUT2D eigenvalue weighted by Gasteiger charge is -2.72. The Morgan fingerprint density at radius 1 is 0.946 bits per heavy atom. The molecule has 6 rings (SSSR count). The summed E-state index contributed by atoms with van der Waals surface area (Å²) < 4.78 is 6.18. The summed E-state index contributed by atoms with van der Waals surface area (Å²) in [6.45, 7) is 19.4. The SMILES string of the molecule is CC(C)C1=C2C3CCC4C5(C)CCC(OC(=O)CC(C)(C)C(=O)O)C(C)(C)C5CCC4(C)[C@]3(C)CCC2(/C(=C(\Cl)C=O)N(C)N(C)c2ccc(Cl)cc2)CC1=O. The van der Waals surface area contributed by atoms with Gasteiger partial charge in [0.2, 0.25) is 0 Å². The normalized spacial score (nSPS) is 35.4. The minimum atomic E-state index is -1.19. The molecule has 0 saturated heterocycles. The van der Waals surface area contributed by atoms with E-state index in [4.69, 9.17) is 27.9 Å². The molecule has 10 heteroatoms. The van der Waals surface area contributed by atoms with Gasteiger partial charge in [0.05, 0.1) is 23.2 Å². The number of hydrazine groups is 1. The van der Waals surface area contributed by atoms with E-state index < -0.39 is 22.8 Å². The Morgan fingerprint density at radius 2 is 1.59 bits per heavy atom. The number of carbonyl (C=O) groups is 4. The highest BCUT2D eigenvalue weighted by molar-refractivity contribution is 6.39. The second kappa shape index (κ2) is 14.5. The number of hydrogen-bond acceptors (Lipinski definition) is 7. The zero-order chi connectivity index (χ0) is 41.6. The van der Waals surface area contributed by atoms with Gasteiger partial charge in [0.25, 0.3) is 0 Å². The van der Waals surface area contributed by atoms with Crippen LogP contribution in [-0.2, 0) is 23.9 Å². The smallest absolute Gasteiger partial charge is 0.309 e. The number of ketones is 1. The Bertz CT molecular complexity index is 1850. The van der Waals surface area contributed by atoms with E-state index in [-0.39, 0.29) is 56.8 Å². The number of carbonyl (C=O) groups excluding carboxylic acids is 3. The number of anilines is 1. The molecule has 1 N–H and O–H groups in total. The molecule has 0 bridgehead atoms. The topological polar surface area (TPSA) is 104 Å². The molecule has 0 aliphatic heterocycles. The highest BCUT2D eigenvalue weighted by Gasteiger charge is 2.71. The Hall–Kier alpha value is -2.84. The highest BCUT2D eigenvalue weighted by atomic mass is 35.5. The molecule has 0 radical (unpaired) electrons. The third-order valence-corrected chi connectivity index (χ3v) is 17.1. The number of aliphatic carboxylic acids is 1. The van der Waals surface area contributed by atoms with E-state index in [1.807, 2.05) is 48.4 Å². The molecule has 0 aromatic heterocycles. The molecule has 5 aliphatic carbocycles. The molecule has 8 atom stereocenters. The molecule has 1 aromatic rings. The van der Waals surface area contributed by atoms with Gasteiger partial charge in [-0.1, -0.05) is 71.7 Å². The number of aldehydes is 1. The number of nitrogens with zero attached hydrogens (tertiary/aromatic N) is 2.